The number of para-hydroxylation sites is 3. The van der Waals surface area contributed by atoms with Crippen molar-refractivity contribution in [2.45, 2.75) is 0 Å². The molecule has 0 unspecified atom stereocenters. The number of aromatic nitrogens is 7. The van der Waals surface area contributed by atoms with E-state index in [9.17, 15) is 0 Å². The Morgan fingerprint density at radius 3 is 1.24 bits per heavy atom. The van der Waals surface area contributed by atoms with E-state index in [1.54, 1.807) is 0 Å². The minimum absolute atomic E-state index is 0.547. The predicted octanol–water partition coefficient (Wildman–Crippen LogP) is 14.9. The molecule has 0 amide bonds. The maximum Gasteiger partial charge on any atom is 0.238 e. The molecule has 7 heteroatoms. The zero-order valence-electron chi connectivity index (χ0n) is 36.6. The second-order valence-corrected chi connectivity index (χ2v) is 16.9. The third-order valence-electron chi connectivity index (χ3n) is 12.8. The van der Waals surface area contributed by atoms with Gasteiger partial charge in [-0.1, -0.05) is 194 Å². The maximum atomic E-state index is 5.29. The average Bonchev–Trinajstić information content (AvgIpc) is 3.92. The highest BCUT2D eigenvalue weighted by molar-refractivity contribution is 6.19. The van der Waals surface area contributed by atoms with Gasteiger partial charge in [-0.25, -0.2) is 15.0 Å². The largest absolute Gasteiger partial charge is 0.308 e. The average molecular weight is 870 g/mol. The van der Waals surface area contributed by atoms with E-state index in [0.717, 1.165) is 99.6 Å². The van der Waals surface area contributed by atoms with Crippen molar-refractivity contribution >= 4 is 43.6 Å². The fraction of sp³-hybridized carbons (Fsp3) is 0. The van der Waals surface area contributed by atoms with Crippen LogP contribution in [0, 0.1) is 0 Å². The molecule has 4 heterocycles. The van der Waals surface area contributed by atoms with E-state index in [2.05, 4.69) is 209 Å². The summed E-state index contributed by atoms with van der Waals surface area (Å²) in [6, 6.07) is 82.1. The lowest BCUT2D eigenvalue weighted by Gasteiger charge is -2.15. The number of benzene rings is 9. The topological polar surface area (TPSA) is 74.3 Å². The molecule has 13 rings (SSSR count). The molecule has 0 spiro atoms. The van der Waals surface area contributed by atoms with Gasteiger partial charge in [0.2, 0.25) is 5.95 Å². The predicted molar refractivity (Wildman–Crippen MR) is 277 cm³/mol. The first-order chi connectivity index (χ1) is 33.7. The summed E-state index contributed by atoms with van der Waals surface area (Å²) in [5, 5.41) is 4.40. The highest BCUT2D eigenvalue weighted by Crippen LogP contribution is 2.41. The standard InChI is InChI=1S/C61H39N7/c1-5-19-40(20-6-1)41-33-35-45(36-34-41)59-64-58(44-25-11-4-12-26-44)65-61(66-59)68-54-31-17-14-28-47(54)50-37-56-49(38-57(50)68)46-27-13-16-30-53(46)67(56)55-32-18-15-29-48(55)60-62-51(42-21-7-2-8-22-42)39-52(63-60)43-23-9-3-10-24-43/h1-39H. The molecule has 0 radical (unpaired) electrons. The van der Waals surface area contributed by atoms with Crippen molar-refractivity contribution in [2.24, 2.45) is 0 Å². The molecular formula is C61H39N7. The van der Waals surface area contributed by atoms with Gasteiger partial charge in [0.25, 0.3) is 0 Å². The summed E-state index contributed by atoms with van der Waals surface area (Å²) in [5.74, 6) is 2.40. The summed E-state index contributed by atoms with van der Waals surface area (Å²) in [4.78, 5) is 26.2. The Hall–Kier alpha value is -9.33. The third-order valence-corrected chi connectivity index (χ3v) is 12.8. The van der Waals surface area contributed by atoms with Crippen LogP contribution >= 0.6 is 0 Å². The van der Waals surface area contributed by atoms with Gasteiger partial charge in [-0.15, -0.1) is 0 Å². The highest BCUT2D eigenvalue weighted by atomic mass is 15.2. The molecule has 0 bridgehead atoms. The minimum Gasteiger partial charge on any atom is -0.308 e. The van der Waals surface area contributed by atoms with E-state index in [-0.39, 0.29) is 0 Å². The maximum absolute atomic E-state index is 5.29. The Morgan fingerprint density at radius 2 is 0.662 bits per heavy atom. The zero-order valence-corrected chi connectivity index (χ0v) is 36.6. The summed E-state index contributed by atoms with van der Waals surface area (Å²) in [7, 11) is 0. The van der Waals surface area contributed by atoms with E-state index in [1.165, 1.54) is 0 Å². The van der Waals surface area contributed by atoms with Gasteiger partial charge < -0.3 is 4.57 Å². The van der Waals surface area contributed by atoms with Gasteiger partial charge in [0, 0.05) is 49.4 Å². The monoisotopic (exact) mass is 869 g/mol. The van der Waals surface area contributed by atoms with E-state index in [1.807, 2.05) is 36.4 Å². The van der Waals surface area contributed by atoms with E-state index in [4.69, 9.17) is 24.9 Å². The molecule has 0 saturated heterocycles. The highest BCUT2D eigenvalue weighted by Gasteiger charge is 2.23. The Kier molecular flexibility index (Phi) is 9.35. The van der Waals surface area contributed by atoms with Crippen LogP contribution in [0.4, 0.5) is 0 Å². The molecule has 9 aromatic carbocycles. The van der Waals surface area contributed by atoms with Gasteiger partial charge in [0.1, 0.15) is 0 Å². The van der Waals surface area contributed by atoms with Gasteiger partial charge >= 0.3 is 0 Å². The van der Waals surface area contributed by atoms with E-state index < -0.39 is 0 Å². The van der Waals surface area contributed by atoms with Crippen LogP contribution in [0.5, 0.6) is 0 Å². The molecule has 4 aromatic heterocycles. The summed E-state index contributed by atoms with van der Waals surface area (Å²) in [6.45, 7) is 0. The SMILES string of the molecule is c1ccc(-c2ccc(-c3nc(-c4ccccc4)nc(-n4c5ccccc5c5cc6c(cc54)c4ccccc4n6-c4ccccc4-c4nc(-c5ccccc5)cc(-c5ccccc5)n4)n3)cc2)cc1. The Morgan fingerprint density at radius 1 is 0.250 bits per heavy atom. The number of hydrogen-bond donors (Lipinski definition) is 0. The molecule has 0 aliphatic heterocycles. The molecule has 0 aliphatic carbocycles. The van der Waals surface area contributed by atoms with Crippen LogP contribution in [-0.4, -0.2) is 34.1 Å². The third kappa shape index (κ3) is 6.72. The molecule has 0 N–H and O–H groups in total. The van der Waals surface area contributed by atoms with Crippen molar-refractivity contribution in [1.82, 2.24) is 34.1 Å². The van der Waals surface area contributed by atoms with Gasteiger partial charge in [0.05, 0.1) is 39.1 Å². The number of hydrogen-bond acceptors (Lipinski definition) is 5. The first kappa shape index (κ1) is 39.1. The fourth-order valence-corrected chi connectivity index (χ4v) is 9.60. The number of rotatable bonds is 8. The lowest BCUT2D eigenvalue weighted by atomic mass is 10.0. The lowest BCUT2D eigenvalue weighted by Crippen LogP contribution is -2.06. The molecule has 68 heavy (non-hydrogen) atoms. The van der Waals surface area contributed by atoms with Crippen LogP contribution < -0.4 is 0 Å². The second kappa shape index (κ2) is 16.3. The van der Waals surface area contributed by atoms with Crippen molar-refractivity contribution in [3.8, 4) is 79.4 Å². The molecule has 0 atom stereocenters. The Bertz CT molecular complexity index is 3940. The molecule has 318 valence electrons. The van der Waals surface area contributed by atoms with Gasteiger partial charge in [-0.2, -0.15) is 9.97 Å². The van der Waals surface area contributed by atoms with Crippen LogP contribution in [0.15, 0.2) is 237 Å². The van der Waals surface area contributed by atoms with Gasteiger partial charge in [-0.3, -0.25) is 4.57 Å². The molecule has 7 nitrogen and oxygen atoms in total. The van der Waals surface area contributed by atoms with Crippen LogP contribution in [0.3, 0.4) is 0 Å². The summed E-state index contributed by atoms with van der Waals surface area (Å²) in [5.41, 5.74) is 14.0. The molecular weight excluding hydrogens is 831 g/mol. The molecule has 0 aliphatic rings. The van der Waals surface area contributed by atoms with Crippen molar-refractivity contribution in [2.75, 3.05) is 0 Å². The number of fused-ring (bicyclic) bond motifs is 6. The smallest absolute Gasteiger partial charge is 0.238 e. The molecule has 13 aromatic rings. The van der Waals surface area contributed by atoms with Crippen molar-refractivity contribution in [1.29, 1.82) is 0 Å². The van der Waals surface area contributed by atoms with Crippen molar-refractivity contribution in [3.05, 3.63) is 237 Å². The Balaban J connectivity index is 1.03. The minimum atomic E-state index is 0.547. The summed E-state index contributed by atoms with van der Waals surface area (Å²) < 4.78 is 4.58. The van der Waals surface area contributed by atoms with Crippen LogP contribution in [0.25, 0.3) is 123 Å². The van der Waals surface area contributed by atoms with Crippen LogP contribution in [0.1, 0.15) is 0 Å². The van der Waals surface area contributed by atoms with E-state index in [0.29, 0.717) is 23.4 Å². The molecule has 0 fully saturated rings. The zero-order chi connectivity index (χ0) is 45.0. The lowest BCUT2D eigenvalue weighted by molar-refractivity contribution is 0.954. The van der Waals surface area contributed by atoms with Crippen molar-refractivity contribution < 1.29 is 0 Å². The Labute approximate surface area is 392 Å². The second-order valence-electron chi connectivity index (χ2n) is 16.9. The first-order valence-corrected chi connectivity index (χ1v) is 22.8. The van der Waals surface area contributed by atoms with Crippen LogP contribution in [0.2, 0.25) is 0 Å². The normalized spacial score (nSPS) is 11.5. The van der Waals surface area contributed by atoms with Gasteiger partial charge in [0.15, 0.2) is 17.5 Å². The summed E-state index contributed by atoms with van der Waals surface area (Å²) in [6.07, 6.45) is 0. The quantitative estimate of drug-likeness (QED) is 0.152. The van der Waals surface area contributed by atoms with E-state index >= 15 is 0 Å². The number of nitrogens with zero attached hydrogens (tertiary/aromatic N) is 7. The summed E-state index contributed by atoms with van der Waals surface area (Å²) >= 11 is 0. The molecule has 0 saturated carbocycles. The van der Waals surface area contributed by atoms with Gasteiger partial charge in [-0.05, 0) is 53.6 Å². The fourth-order valence-electron chi connectivity index (χ4n) is 9.60. The van der Waals surface area contributed by atoms with Crippen molar-refractivity contribution in [3.63, 3.8) is 0 Å². The first-order valence-electron chi connectivity index (χ1n) is 22.8. The van der Waals surface area contributed by atoms with Crippen LogP contribution in [-0.2, 0) is 0 Å².